The van der Waals surface area contributed by atoms with E-state index in [0.29, 0.717) is 23.9 Å². The molecule has 1 N–H and O–H groups in total. The minimum Gasteiger partial charge on any atom is -0.363 e. The van der Waals surface area contributed by atoms with Gasteiger partial charge in [-0.25, -0.2) is 4.98 Å². The topological polar surface area (TPSA) is 91.6 Å². The van der Waals surface area contributed by atoms with Gasteiger partial charge in [0, 0.05) is 48.8 Å². The molecule has 1 aromatic heterocycles. The highest BCUT2D eigenvalue weighted by Gasteiger charge is 2.24. The Kier molecular flexibility index (Phi) is 6.30. The number of nitrogens with one attached hydrogen (secondary N) is 1. The van der Waals surface area contributed by atoms with Gasteiger partial charge in [-0.3, -0.25) is 20.2 Å². The lowest BCUT2D eigenvalue weighted by molar-refractivity contribution is -0.384. The van der Waals surface area contributed by atoms with Crippen LogP contribution in [-0.2, 0) is 12.8 Å². The van der Waals surface area contributed by atoms with Gasteiger partial charge in [0.1, 0.15) is 5.69 Å². The van der Waals surface area contributed by atoms with E-state index in [1.165, 1.54) is 41.4 Å². The molecule has 9 heteroatoms. The van der Waals surface area contributed by atoms with E-state index in [0.717, 1.165) is 37.2 Å². The first-order valence-corrected chi connectivity index (χ1v) is 12.5. The normalized spacial score (nSPS) is 16.2. The zero-order chi connectivity index (χ0) is 23.7. The summed E-state index contributed by atoms with van der Waals surface area (Å²) >= 11 is 1.35. The van der Waals surface area contributed by atoms with Crippen molar-refractivity contribution in [2.24, 2.45) is 0 Å². The minimum atomic E-state index is -0.415. The molecule has 2 aromatic carbocycles. The zero-order valence-electron chi connectivity index (χ0n) is 19.1. The third-order valence-corrected chi connectivity index (χ3v) is 7.40. The largest absolute Gasteiger partial charge is 0.363 e. The smallest absolute Gasteiger partial charge is 0.293 e. The second-order valence-corrected chi connectivity index (χ2v) is 9.79. The summed E-state index contributed by atoms with van der Waals surface area (Å²) in [6, 6.07) is 11.2. The number of rotatable bonds is 5. The average Bonchev–Trinajstić information content (AvgIpc) is 3.32. The number of amides is 1. The maximum absolute atomic E-state index is 12.9. The number of thiazole rings is 1. The first kappa shape index (κ1) is 22.5. The van der Waals surface area contributed by atoms with Gasteiger partial charge in [-0.2, -0.15) is 0 Å². The van der Waals surface area contributed by atoms with Gasteiger partial charge in [-0.15, -0.1) is 11.3 Å². The Morgan fingerprint density at radius 1 is 1.06 bits per heavy atom. The third kappa shape index (κ3) is 4.67. The zero-order valence-corrected chi connectivity index (χ0v) is 19.9. The Labute approximate surface area is 202 Å². The molecule has 34 heavy (non-hydrogen) atoms. The number of nitro groups is 1. The Bertz CT molecular complexity index is 1230. The van der Waals surface area contributed by atoms with Crippen molar-refractivity contribution in [3.8, 4) is 11.3 Å². The number of aryl methyl sites for hydroxylation is 2. The Morgan fingerprint density at radius 2 is 1.82 bits per heavy atom. The van der Waals surface area contributed by atoms with Crippen molar-refractivity contribution in [2.45, 2.75) is 25.7 Å². The first-order valence-electron chi connectivity index (χ1n) is 11.6. The van der Waals surface area contributed by atoms with E-state index >= 15 is 0 Å². The summed E-state index contributed by atoms with van der Waals surface area (Å²) in [6.07, 6.45) is 4.69. The van der Waals surface area contributed by atoms with Gasteiger partial charge in [-0.05, 0) is 62.1 Å². The molecule has 0 radical (unpaired) electrons. The second kappa shape index (κ2) is 9.52. The third-order valence-electron chi connectivity index (χ3n) is 6.65. The molecule has 0 bridgehead atoms. The van der Waals surface area contributed by atoms with Crippen LogP contribution < -0.4 is 10.2 Å². The highest BCUT2D eigenvalue weighted by atomic mass is 32.1. The molecule has 176 valence electrons. The SMILES string of the molecule is CN1CCN(c2ccc(C(=O)Nc3nc(-c4ccc5c(c4)CCCC5)cs3)cc2[N+](=O)[O-])CC1. The van der Waals surface area contributed by atoms with Crippen molar-refractivity contribution in [1.82, 2.24) is 9.88 Å². The van der Waals surface area contributed by atoms with Crippen molar-refractivity contribution in [3.63, 3.8) is 0 Å². The number of piperazine rings is 1. The summed E-state index contributed by atoms with van der Waals surface area (Å²) in [5, 5.41) is 17.0. The minimum absolute atomic E-state index is 0.0499. The van der Waals surface area contributed by atoms with Crippen LogP contribution in [0, 0.1) is 10.1 Å². The number of hydrogen-bond donors (Lipinski definition) is 1. The van der Waals surface area contributed by atoms with Crippen LogP contribution in [0.5, 0.6) is 0 Å². The molecular weight excluding hydrogens is 450 g/mol. The van der Waals surface area contributed by atoms with Crippen LogP contribution in [0.25, 0.3) is 11.3 Å². The van der Waals surface area contributed by atoms with E-state index in [9.17, 15) is 14.9 Å². The van der Waals surface area contributed by atoms with E-state index in [2.05, 4.69) is 33.4 Å². The average molecular weight is 478 g/mol. The van der Waals surface area contributed by atoms with E-state index < -0.39 is 10.8 Å². The van der Waals surface area contributed by atoms with Gasteiger partial charge in [0.15, 0.2) is 5.13 Å². The Morgan fingerprint density at radius 3 is 2.59 bits per heavy atom. The molecule has 1 aliphatic heterocycles. The summed E-state index contributed by atoms with van der Waals surface area (Å²) in [4.78, 5) is 33.0. The van der Waals surface area contributed by atoms with Crippen molar-refractivity contribution < 1.29 is 9.72 Å². The van der Waals surface area contributed by atoms with Gasteiger partial charge in [0.05, 0.1) is 10.6 Å². The van der Waals surface area contributed by atoms with E-state index in [4.69, 9.17) is 0 Å². The number of likely N-dealkylation sites (N-methyl/N-ethyl adjacent to an activating group) is 1. The van der Waals surface area contributed by atoms with Gasteiger partial charge in [0.25, 0.3) is 11.6 Å². The van der Waals surface area contributed by atoms with E-state index in [1.54, 1.807) is 12.1 Å². The molecule has 0 unspecified atom stereocenters. The molecule has 1 aliphatic carbocycles. The maximum atomic E-state index is 12.9. The van der Waals surface area contributed by atoms with Gasteiger partial charge in [-0.1, -0.05) is 12.1 Å². The molecule has 0 spiro atoms. The standard InChI is InChI=1S/C25H27N5O3S/c1-28-10-12-29(13-11-28)22-9-8-20(15-23(22)30(32)33)24(31)27-25-26-21(16-34-25)19-7-6-17-4-2-3-5-18(17)14-19/h6-9,14-16H,2-5,10-13H2,1H3,(H,26,27,31). The van der Waals surface area contributed by atoms with Crippen molar-refractivity contribution in [3.05, 3.63) is 68.6 Å². The fraction of sp³-hybridized carbons (Fsp3) is 0.360. The summed E-state index contributed by atoms with van der Waals surface area (Å²) in [7, 11) is 2.04. The first-order chi connectivity index (χ1) is 16.5. The molecule has 1 saturated heterocycles. The number of benzene rings is 2. The molecule has 2 heterocycles. The molecule has 8 nitrogen and oxygen atoms in total. The molecule has 3 aromatic rings. The highest BCUT2D eigenvalue weighted by Crippen LogP contribution is 2.32. The second-order valence-electron chi connectivity index (χ2n) is 8.93. The fourth-order valence-corrected chi connectivity index (χ4v) is 5.37. The predicted molar refractivity (Wildman–Crippen MR) is 135 cm³/mol. The van der Waals surface area contributed by atoms with Crippen LogP contribution >= 0.6 is 11.3 Å². The summed E-state index contributed by atoms with van der Waals surface area (Å²) in [6.45, 7) is 3.12. The molecule has 1 fully saturated rings. The summed E-state index contributed by atoms with van der Waals surface area (Å²) < 4.78 is 0. The maximum Gasteiger partial charge on any atom is 0.293 e. The van der Waals surface area contributed by atoms with Crippen LogP contribution in [0.3, 0.4) is 0 Å². The summed E-state index contributed by atoms with van der Waals surface area (Å²) in [5.74, 6) is -0.403. The number of nitro benzene ring substituents is 1. The monoisotopic (exact) mass is 477 g/mol. The van der Waals surface area contributed by atoms with Crippen molar-refractivity contribution in [1.29, 1.82) is 0 Å². The predicted octanol–water partition coefficient (Wildman–Crippen LogP) is 4.60. The lowest BCUT2D eigenvalue weighted by Gasteiger charge is -2.33. The number of carbonyl (C=O) groups is 1. The number of hydrogen-bond acceptors (Lipinski definition) is 7. The van der Waals surface area contributed by atoms with Gasteiger partial charge in [0.2, 0.25) is 0 Å². The van der Waals surface area contributed by atoms with Crippen LogP contribution in [0.1, 0.15) is 34.3 Å². The Hall–Kier alpha value is -3.30. The van der Waals surface area contributed by atoms with Gasteiger partial charge < -0.3 is 9.80 Å². The fourth-order valence-electron chi connectivity index (χ4n) is 4.65. The molecular formula is C25H27N5O3S. The molecule has 2 aliphatic rings. The molecule has 0 saturated carbocycles. The highest BCUT2D eigenvalue weighted by molar-refractivity contribution is 7.14. The summed E-state index contributed by atoms with van der Waals surface area (Å²) in [5.41, 5.74) is 5.42. The van der Waals surface area contributed by atoms with Crippen LogP contribution in [-0.4, -0.2) is 53.9 Å². The van der Waals surface area contributed by atoms with Crippen LogP contribution in [0.4, 0.5) is 16.5 Å². The molecule has 0 atom stereocenters. The van der Waals surface area contributed by atoms with Crippen molar-refractivity contribution >= 4 is 33.8 Å². The van der Waals surface area contributed by atoms with Crippen LogP contribution in [0.15, 0.2) is 41.8 Å². The number of aromatic nitrogens is 1. The lowest BCUT2D eigenvalue weighted by Crippen LogP contribution is -2.44. The quantitative estimate of drug-likeness (QED) is 0.427. The van der Waals surface area contributed by atoms with Gasteiger partial charge >= 0.3 is 0 Å². The van der Waals surface area contributed by atoms with E-state index in [-0.39, 0.29) is 11.3 Å². The lowest BCUT2D eigenvalue weighted by atomic mass is 9.90. The van der Waals surface area contributed by atoms with Crippen molar-refractivity contribution in [2.75, 3.05) is 43.4 Å². The molecule has 1 amide bonds. The van der Waals surface area contributed by atoms with Crippen LogP contribution in [0.2, 0.25) is 0 Å². The number of nitrogens with zero attached hydrogens (tertiary/aromatic N) is 4. The number of fused-ring (bicyclic) bond motifs is 1. The molecule has 5 rings (SSSR count). The van der Waals surface area contributed by atoms with E-state index in [1.807, 2.05) is 17.3 Å². The number of anilines is 2. The Balaban J connectivity index is 1.32. The number of carbonyl (C=O) groups excluding carboxylic acids is 1.